The summed E-state index contributed by atoms with van der Waals surface area (Å²) in [7, 11) is 3.41. The van der Waals surface area contributed by atoms with E-state index in [1.165, 1.54) is 0 Å². The number of amides is 1. The lowest BCUT2D eigenvalue weighted by molar-refractivity contribution is 0.0880. The number of aryl methyl sites for hydroxylation is 1. The van der Waals surface area contributed by atoms with E-state index in [2.05, 4.69) is 20.4 Å². The van der Waals surface area contributed by atoms with Crippen molar-refractivity contribution in [1.29, 1.82) is 0 Å². The first-order valence-electron chi connectivity index (χ1n) is 10.0. The van der Waals surface area contributed by atoms with Gasteiger partial charge in [0, 0.05) is 31.0 Å². The van der Waals surface area contributed by atoms with Crippen molar-refractivity contribution in [2.24, 2.45) is 7.05 Å². The number of aromatic nitrogens is 4. The largest absolute Gasteiger partial charge is 0.497 e. The Morgan fingerprint density at radius 3 is 2.73 bits per heavy atom. The Hall–Kier alpha value is -3.42. The van der Waals surface area contributed by atoms with Crippen LogP contribution in [-0.2, 0) is 7.05 Å². The topological polar surface area (TPSA) is 91.2 Å². The van der Waals surface area contributed by atoms with Gasteiger partial charge in [-0.25, -0.2) is 4.98 Å². The number of rotatable bonds is 6. The lowest BCUT2D eigenvalue weighted by Crippen LogP contribution is -2.40. The molecule has 8 nitrogen and oxygen atoms in total. The van der Waals surface area contributed by atoms with Gasteiger partial charge in [-0.05, 0) is 43.9 Å². The summed E-state index contributed by atoms with van der Waals surface area (Å²) in [5.74, 6) is 1.19. The molecule has 4 rings (SSSR count). The number of carbonyl (C=O) groups is 1. The molecular formula is C22H25N5O3. The maximum atomic E-state index is 12.8. The first-order chi connectivity index (χ1) is 14.6. The van der Waals surface area contributed by atoms with Crippen molar-refractivity contribution in [3.63, 3.8) is 0 Å². The SMILES string of the molecule is COc1cccc(-c2cc(C(=O)NC3CCC(Oc4cnccn4)CC3)n(C)n2)c1. The Bertz CT molecular complexity index is 997. The van der Waals surface area contributed by atoms with E-state index >= 15 is 0 Å². The second-order valence-corrected chi connectivity index (χ2v) is 7.38. The third kappa shape index (κ3) is 4.59. The van der Waals surface area contributed by atoms with E-state index in [9.17, 15) is 4.79 Å². The van der Waals surface area contributed by atoms with Gasteiger partial charge in [-0.15, -0.1) is 0 Å². The average Bonchev–Trinajstić information content (AvgIpc) is 3.18. The highest BCUT2D eigenvalue weighted by atomic mass is 16.5. The number of carbonyl (C=O) groups excluding carboxylic acids is 1. The van der Waals surface area contributed by atoms with Crippen molar-refractivity contribution < 1.29 is 14.3 Å². The Kier molecular flexibility index (Phi) is 5.92. The number of methoxy groups -OCH3 is 1. The minimum absolute atomic E-state index is 0.103. The number of hydrogen-bond acceptors (Lipinski definition) is 6. The smallest absolute Gasteiger partial charge is 0.269 e. The van der Waals surface area contributed by atoms with Crippen LogP contribution in [0.4, 0.5) is 0 Å². The maximum Gasteiger partial charge on any atom is 0.269 e. The second kappa shape index (κ2) is 8.94. The van der Waals surface area contributed by atoms with Crippen molar-refractivity contribution in [3.05, 3.63) is 54.6 Å². The third-order valence-corrected chi connectivity index (χ3v) is 5.31. The zero-order chi connectivity index (χ0) is 20.9. The van der Waals surface area contributed by atoms with Gasteiger partial charge in [0.2, 0.25) is 5.88 Å². The highest BCUT2D eigenvalue weighted by Crippen LogP contribution is 2.25. The standard InChI is InChI=1S/C22H25N5O3/c1-27-20(13-19(26-27)15-4-3-5-18(12-15)29-2)22(28)25-16-6-8-17(9-7-16)30-21-14-23-10-11-24-21/h3-5,10-14,16-17H,6-9H2,1-2H3,(H,25,28). The quantitative estimate of drug-likeness (QED) is 0.675. The van der Waals surface area contributed by atoms with Crippen LogP contribution in [0.25, 0.3) is 11.3 Å². The summed E-state index contributed by atoms with van der Waals surface area (Å²) in [4.78, 5) is 21.0. The molecule has 0 bridgehead atoms. The predicted molar refractivity (Wildman–Crippen MR) is 111 cm³/mol. The Morgan fingerprint density at radius 2 is 2.00 bits per heavy atom. The molecule has 1 amide bonds. The van der Waals surface area contributed by atoms with E-state index in [0.29, 0.717) is 11.6 Å². The molecule has 1 aliphatic rings. The van der Waals surface area contributed by atoms with E-state index in [1.807, 2.05) is 30.3 Å². The van der Waals surface area contributed by atoms with Crippen LogP contribution in [0.15, 0.2) is 48.9 Å². The van der Waals surface area contributed by atoms with E-state index in [4.69, 9.17) is 9.47 Å². The van der Waals surface area contributed by atoms with Gasteiger partial charge >= 0.3 is 0 Å². The lowest BCUT2D eigenvalue weighted by atomic mass is 9.93. The van der Waals surface area contributed by atoms with Crippen molar-refractivity contribution in [2.75, 3.05) is 7.11 Å². The summed E-state index contributed by atoms with van der Waals surface area (Å²) in [5, 5.41) is 7.64. The first-order valence-corrected chi connectivity index (χ1v) is 10.0. The van der Waals surface area contributed by atoms with Gasteiger partial charge in [-0.1, -0.05) is 12.1 Å². The lowest BCUT2D eigenvalue weighted by Gasteiger charge is -2.29. The van der Waals surface area contributed by atoms with Gasteiger partial charge in [-0.2, -0.15) is 5.10 Å². The number of ether oxygens (including phenoxy) is 2. The zero-order valence-electron chi connectivity index (χ0n) is 17.1. The highest BCUT2D eigenvalue weighted by Gasteiger charge is 2.25. The van der Waals surface area contributed by atoms with Crippen LogP contribution in [0, 0.1) is 0 Å². The number of benzene rings is 1. The van der Waals surface area contributed by atoms with E-state index in [0.717, 1.165) is 42.7 Å². The van der Waals surface area contributed by atoms with Crippen LogP contribution in [-0.4, -0.2) is 44.9 Å². The molecule has 0 atom stereocenters. The van der Waals surface area contributed by atoms with Crippen LogP contribution in [0.5, 0.6) is 11.6 Å². The predicted octanol–water partition coefficient (Wildman–Crippen LogP) is 3.01. The minimum atomic E-state index is -0.113. The molecule has 156 valence electrons. The van der Waals surface area contributed by atoms with Crippen LogP contribution >= 0.6 is 0 Å². The molecular weight excluding hydrogens is 382 g/mol. The van der Waals surface area contributed by atoms with Crippen LogP contribution in [0.3, 0.4) is 0 Å². The molecule has 1 saturated carbocycles. The normalized spacial score (nSPS) is 18.6. The molecule has 8 heteroatoms. The molecule has 30 heavy (non-hydrogen) atoms. The first kappa shape index (κ1) is 19.9. The third-order valence-electron chi connectivity index (χ3n) is 5.31. The molecule has 1 aromatic carbocycles. The van der Waals surface area contributed by atoms with Crippen molar-refractivity contribution in [1.82, 2.24) is 25.1 Å². The fraction of sp³-hybridized carbons (Fsp3) is 0.364. The van der Waals surface area contributed by atoms with E-state index < -0.39 is 0 Å². The average molecular weight is 407 g/mol. The Balaban J connectivity index is 1.35. The maximum absolute atomic E-state index is 12.8. The summed E-state index contributed by atoms with van der Waals surface area (Å²) >= 11 is 0. The van der Waals surface area contributed by atoms with Crippen LogP contribution < -0.4 is 14.8 Å². The molecule has 0 radical (unpaired) electrons. The van der Waals surface area contributed by atoms with E-state index in [1.54, 1.807) is 37.4 Å². The Labute approximate surface area is 175 Å². The van der Waals surface area contributed by atoms with Gasteiger partial charge in [-0.3, -0.25) is 14.5 Å². The fourth-order valence-electron chi connectivity index (χ4n) is 3.70. The zero-order valence-corrected chi connectivity index (χ0v) is 17.1. The van der Waals surface area contributed by atoms with Gasteiger partial charge in [0.25, 0.3) is 5.91 Å². The summed E-state index contributed by atoms with van der Waals surface area (Å²) in [6, 6.07) is 9.57. The van der Waals surface area contributed by atoms with Gasteiger partial charge in [0.1, 0.15) is 17.5 Å². The molecule has 0 aliphatic heterocycles. The molecule has 1 fully saturated rings. The number of nitrogens with zero attached hydrogens (tertiary/aromatic N) is 4. The summed E-state index contributed by atoms with van der Waals surface area (Å²) in [6.07, 6.45) is 8.41. The molecule has 1 aliphatic carbocycles. The fourth-order valence-corrected chi connectivity index (χ4v) is 3.70. The summed E-state index contributed by atoms with van der Waals surface area (Å²) < 4.78 is 12.8. The molecule has 1 N–H and O–H groups in total. The van der Waals surface area contributed by atoms with Crippen molar-refractivity contribution in [3.8, 4) is 22.9 Å². The van der Waals surface area contributed by atoms with Crippen molar-refractivity contribution >= 4 is 5.91 Å². The summed E-state index contributed by atoms with van der Waals surface area (Å²) in [5.41, 5.74) is 2.18. The Morgan fingerprint density at radius 1 is 1.17 bits per heavy atom. The second-order valence-electron chi connectivity index (χ2n) is 7.38. The molecule has 2 aromatic heterocycles. The van der Waals surface area contributed by atoms with Crippen molar-refractivity contribution in [2.45, 2.75) is 37.8 Å². The van der Waals surface area contributed by atoms with Gasteiger partial charge in [0.05, 0.1) is 19.0 Å². The minimum Gasteiger partial charge on any atom is -0.497 e. The monoisotopic (exact) mass is 407 g/mol. The van der Waals surface area contributed by atoms with Gasteiger partial charge in [0.15, 0.2) is 0 Å². The molecule has 3 aromatic rings. The highest BCUT2D eigenvalue weighted by molar-refractivity contribution is 5.93. The number of hydrogen-bond donors (Lipinski definition) is 1. The number of nitrogens with one attached hydrogen (secondary N) is 1. The summed E-state index contributed by atoms with van der Waals surface area (Å²) in [6.45, 7) is 0. The van der Waals surface area contributed by atoms with Crippen LogP contribution in [0.2, 0.25) is 0 Å². The molecule has 0 unspecified atom stereocenters. The van der Waals surface area contributed by atoms with E-state index in [-0.39, 0.29) is 18.1 Å². The van der Waals surface area contributed by atoms with Crippen LogP contribution in [0.1, 0.15) is 36.2 Å². The van der Waals surface area contributed by atoms with Gasteiger partial charge < -0.3 is 14.8 Å². The molecule has 0 saturated heterocycles. The molecule has 0 spiro atoms. The molecule has 2 heterocycles.